The second-order valence-corrected chi connectivity index (χ2v) is 8.04. The number of carboxylic acids is 1. The van der Waals surface area contributed by atoms with Gasteiger partial charge in [0, 0.05) is 30.8 Å². The quantitative estimate of drug-likeness (QED) is 0.816. The van der Waals surface area contributed by atoms with E-state index in [2.05, 4.69) is 0 Å². The van der Waals surface area contributed by atoms with Crippen molar-refractivity contribution in [1.29, 1.82) is 0 Å². The summed E-state index contributed by atoms with van der Waals surface area (Å²) in [5.41, 5.74) is -2.57. The number of pyridine rings is 1. The van der Waals surface area contributed by atoms with Crippen molar-refractivity contribution in [3.05, 3.63) is 40.7 Å². The number of carbonyl (C=O) groups excluding carboxylic acids is 1. The number of fused-ring (bicyclic) bond motifs is 1. The van der Waals surface area contributed by atoms with Crippen LogP contribution in [0.3, 0.4) is 0 Å². The van der Waals surface area contributed by atoms with Gasteiger partial charge in [0.05, 0.1) is 12.1 Å². The number of benzene rings is 1. The number of aromatic nitrogens is 1. The number of rotatable bonds is 3. The van der Waals surface area contributed by atoms with Crippen molar-refractivity contribution in [3.8, 4) is 0 Å². The number of morpholine rings is 1. The number of amides is 1. The molecule has 1 aliphatic rings. The van der Waals surface area contributed by atoms with E-state index in [1.165, 1.54) is 15.5 Å². The number of hydrogen-bond acceptors (Lipinski definition) is 5. The number of carboxylic acid groups (broad SMARTS) is 1. The lowest BCUT2D eigenvalue weighted by molar-refractivity contribution is -0.203. The lowest BCUT2D eigenvalue weighted by Crippen LogP contribution is -2.66. The molecule has 2 aromatic rings. The standard InChI is InChI=1S/C20H24N2O6/c1-19(2,3)20(27,18(25)26)16-17(24)22(9-10-28-16)13-7-5-12-6-8-15(23)21(4)14(12)11-13/h5-8,11,16,27H,9-10H2,1-4H3,(H,25,26)/t16-,20+/m0/s1. The van der Waals surface area contributed by atoms with Gasteiger partial charge in [0.1, 0.15) is 0 Å². The van der Waals surface area contributed by atoms with Crippen LogP contribution < -0.4 is 10.5 Å². The fourth-order valence-corrected chi connectivity index (χ4v) is 3.49. The second kappa shape index (κ2) is 6.72. The average Bonchev–Trinajstić information content (AvgIpc) is 2.63. The van der Waals surface area contributed by atoms with Crippen molar-refractivity contribution >= 4 is 28.5 Å². The van der Waals surface area contributed by atoms with Gasteiger partial charge in [-0.15, -0.1) is 0 Å². The molecule has 1 fully saturated rings. The number of aryl methyl sites for hydroxylation is 1. The Labute approximate surface area is 161 Å². The molecule has 1 aromatic carbocycles. The molecule has 1 amide bonds. The van der Waals surface area contributed by atoms with E-state index in [-0.39, 0.29) is 18.7 Å². The zero-order valence-corrected chi connectivity index (χ0v) is 16.3. The summed E-state index contributed by atoms with van der Waals surface area (Å²) in [4.78, 5) is 38.3. The zero-order chi connectivity index (χ0) is 20.9. The highest BCUT2D eigenvalue weighted by molar-refractivity contribution is 6.02. The fourth-order valence-electron chi connectivity index (χ4n) is 3.49. The predicted molar refractivity (Wildman–Crippen MR) is 103 cm³/mol. The van der Waals surface area contributed by atoms with Crippen molar-refractivity contribution in [3.63, 3.8) is 0 Å². The van der Waals surface area contributed by atoms with Crippen LogP contribution in [0.25, 0.3) is 10.9 Å². The molecule has 2 atom stereocenters. The van der Waals surface area contributed by atoms with Crippen molar-refractivity contribution in [2.75, 3.05) is 18.1 Å². The number of anilines is 1. The van der Waals surface area contributed by atoms with E-state index < -0.39 is 29.0 Å². The van der Waals surface area contributed by atoms with Gasteiger partial charge in [-0.05, 0) is 23.6 Å². The molecule has 1 saturated heterocycles. The molecule has 0 aliphatic carbocycles. The van der Waals surface area contributed by atoms with Gasteiger partial charge in [-0.2, -0.15) is 0 Å². The van der Waals surface area contributed by atoms with E-state index in [1.807, 2.05) is 0 Å². The molecule has 8 heteroatoms. The molecule has 150 valence electrons. The first kappa shape index (κ1) is 20.0. The van der Waals surface area contributed by atoms with Gasteiger partial charge in [0.2, 0.25) is 5.60 Å². The van der Waals surface area contributed by atoms with Gasteiger partial charge in [0.25, 0.3) is 11.5 Å². The van der Waals surface area contributed by atoms with Crippen LogP contribution in [0.4, 0.5) is 5.69 Å². The zero-order valence-electron chi connectivity index (χ0n) is 16.3. The predicted octanol–water partition coefficient (Wildman–Crippen LogP) is 1.13. The van der Waals surface area contributed by atoms with E-state index >= 15 is 0 Å². The molecule has 0 bridgehead atoms. The fraction of sp³-hybridized carbons (Fsp3) is 0.450. The van der Waals surface area contributed by atoms with Gasteiger partial charge in [0.15, 0.2) is 6.10 Å². The third-order valence-corrected chi connectivity index (χ3v) is 5.36. The molecule has 2 heterocycles. The minimum atomic E-state index is -2.40. The Bertz CT molecular complexity index is 1010. The Balaban J connectivity index is 2.06. The van der Waals surface area contributed by atoms with Crippen LogP contribution in [-0.2, 0) is 21.4 Å². The molecule has 28 heavy (non-hydrogen) atoms. The number of hydrogen-bond donors (Lipinski definition) is 2. The monoisotopic (exact) mass is 388 g/mol. The van der Waals surface area contributed by atoms with Crippen molar-refractivity contribution in [2.24, 2.45) is 12.5 Å². The molecule has 0 unspecified atom stereocenters. The van der Waals surface area contributed by atoms with E-state index in [9.17, 15) is 24.6 Å². The van der Waals surface area contributed by atoms with E-state index in [0.717, 1.165) is 5.39 Å². The van der Waals surface area contributed by atoms with Gasteiger partial charge in [-0.25, -0.2) is 4.79 Å². The van der Waals surface area contributed by atoms with E-state index in [1.54, 1.807) is 52.1 Å². The van der Waals surface area contributed by atoms with E-state index in [0.29, 0.717) is 11.2 Å². The summed E-state index contributed by atoms with van der Waals surface area (Å²) in [6, 6.07) is 8.38. The summed E-state index contributed by atoms with van der Waals surface area (Å²) in [5.74, 6) is -2.15. The van der Waals surface area contributed by atoms with Crippen LogP contribution in [0.15, 0.2) is 35.1 Å². The molecule has 2 N–H and O–H groups in total. The van der Waals surface area contributed by atoms with Crippen LogP contribution in [0.1, 0.15) is 20.8 Å². The summed E-state index contributed by atoms with van der Waals surface area (Å²) in [6.45, 7) is 4.92. The molecule has 1 aromatic heterocycles. The first-order valence-electron chi connectivity index (χ1n) is 8.97. The average molecular weight is 388 g/mol. The maximum Gasteiger partial charge on any atom is 0.339 e. The van der Waals surface area contributed by atoms with Crippen molar-refractivity contribution in [2.45, 2.75) is 32.5 Å². The maximum atomic E-state index is 13.1. The van der Waals surface area contributed by atoms with Crippen molar-refractivity contribution in [1.82, 2.24) is 4.57 Å². The van der Waals surface area contributed by atoms with Gasteiger partial charge in [-0.3, -0.25) is 9.59 Å². The minimum absolute atomic E-state index is 0.0772. The minimum Gasteiger partial charge on any atom is -0.479 e. The highest BCUT2D eigenvalue weighted by atomic mass is 16.5. The number of aliphatic hydroxyl groups is 1. The summed E-state index contributed by atoms with van der Waals surface area (Å²) in [5, 5.41) is 21.4. The molecule has 0 saturated carbocycles. The summed E-state index contributed by atoms with van der Waals surface area (Å²) >= 11 is 0. The SMILES string of the molecule is Cn1c(=O)ccc2ccc(N3CCO[C@H]([C@@](O)(C(=O)O)C(C)(C)C)C3=O)cc21. The summed E-state index contributed by atoms with van der Waals surface area (Å²) in [6.07, 6.45) is -1.55. The number of ether oxygens (including phenoxy) is 1. The molecule has 0 radical (unpaired) electrons. The molecule has 3 rings (SSSR count). The smallest absolute Gasteiger partial charge is 0.339 e. The first-order chi connectivity index (χ1) is 13.0. The van der Waals surface area contributed by atoms with Crippen molar-refractivity contribution < 1.29 is 24.5 Å². The third-order valence-electron chi connectivity index (χ3n) is 5.36. The lowest BCUT2D eigenvalue weighted by atomic mass is 9.72. The maximum absolute atomic E-state index is 13.1. The molecule has 8 nitrogen and oxygen atoms in total. The summed E-state index contributed by atoms with van der Waals surface area (Å²) < 4.78 is 6.92. The van der Waals surface area contributed by atoms with Crippen LogP contribution >= 0.6 is 0 Å². The Morgan fingerprint density at radius 1 is 1.18 bits per heavy atom. The van der Waals surface area contributed by atoms with Crippen LogP contribution in [-0.4, -0.2) is 51.5 Å². The largest absolute Gasteiger partial charge is 0.479 e. The normalized spacial score (nSPS) is 20.2. The number of aliphatic carboxylic acids is 1. The molecule has 1 aliphatic heterocycles. The third kappa shape index (κ3) is 2.98. The Kier molecular flexibility index (Phi) is 4.81. The van der Waals surface area contributed by atoms with Gasteiger partial charge < -0.3 is 24.4 Å². The Morgan fingerprint density at radius 3 is 2.43 bits per heavy atom. The Hall–Kier alpha value is -2.71. The highest BCUT2D eigenvalue weighted by Crippen LogP contribution is 2.37. The second-order valence-electron chi connectivity index (χ2n) is 8.04. The van der Waals surface area contributed by atoms with Crippen LogP contribution in [0.2, 0.25) is 0 Å². The molecule has 0 spiro atoms. The topological polar surface area (TPSA) is 109 Å². The van der Waals surface area contributed by atoms with Gasteiger partial charge >= 0.3 is 5.97 Å². The number of nitrogens with zero attached hydrogens (tertiary/aromatic N) is 2. The Morgan fingerprint density at radius 2 is 1.82 bits per heavy atom. The first-order valence-corrected chi connectivity index (χ1v) is 8.97. The lowest BCUT2D eigenvalue weighted by Gasteiger charge is -2.44. The molecular formula is C20H24N2O6. The number of carbonyl (C=O) groups is 2. The van der Waals surface area contributed by atoms with Crippen LogP contribution in [0, 0.1) is 5.41 Å². The highest BCUT2D eigenvalue weighted by Gasteiger charge is 2.58. The summed E-state index contributed by atoms with van der Waals surface area (Å²) in [7, 11) is 1.64. The van der Waals surface area contributed by atoms with E-state index in [4.69, 9.17) is 4.74 Å². The van der Waals surface area contributed by atoms with Gasteiger partial charge in [-0.1, -0.05) is 26.8 Å². The molecular weight excluding hydrogens is 364 g/mol. The van der Waals surface area contributed by atoms with Crippen LogP contribution in [0.5, 0.6) is 0 Å².